The van der Waals surface area contributed by atoms with E-state index in [0.29, 0.717) is 26.2 Å². The molecule has 0 saturated heterocycles. The van der Waals surface area contributed by atoms with E-state index < -0.39 is 17.7 Å². The highest BCUT2D eigenvalue weighted by Gasteiger charge is 2.15. The molecule has 1 aromatic rings. The number of rotatable bonds is 8. The Morgan fingerprint density at radius 2 is 1.62 bits per heavy atom. The third kappa shape index (κ3) is 8.50. The van der Waals surface area contributed by atoms with E-state index in [1.165, 1.54) is 0 Å². The van der Waals surface area contributed by atoms with Gasteiger partial charge < -0.3 is 26.4 Å². The maximum Gasteiger partial charge on any atom is 0.407 e. The molecular formula is C17H28N4O3. The van der Waals surface area contributed by atoms with Crippen LogP contribution in [0.5, 0.6) is 0 Å². The Morgan fingerprint density at radius 3 is 2.21 bits per heavy atom. The smallest absolute Gasteiger partial charge is 0.407 e. The predicted octanol–water partition coefficient (Wildman–Crippen LogP) is 0.917. The van der Waals surface area contributed by atoms with Crippen LogP contribution in [-0.2, 0) is 9.53 Å². The topological polar surface area (TPSA) is 105 Å². The number of alkyl carbamates (subject to hydrolysis) is 1. The van der Waals surface area contributed by atoms with Crippen molar-refractivity contribution in [1.29, 1.82) is 0 Å². The molecular weight excluding hydrogens is 308 g/mol. The van der Waals surface area contributed by atoms with Gasteiger partial charge >= 0.3 is 6.09 Å². The molecule has 0 saturated carbocycles. The summed E-state index contributed by atoms with van der Waals surface area (Å²) in [6.07, 6.45) is -0.438. The lowest BCUT2D eigenvalue weighted by atomic mass is 10.1. The summed E-state index contributed by atoms with van der Waals surface area (Å²) in [4.78, 5) is 23.3. The number of nitrogens with two attached hydrogens (primary N) is 1. The molecule has 1 rings (SSSR count). The van der Waals surface area contributed by atoms with Crippen LogP contribution in [0.4, 0.5) is 4.79 Å². The fraction of sp³-hybridized carbons (Fsp3) is 0.529. The van der Waals surface area contributed by atoms with Gasteiger partial charge in [0, 0.05) is 26.2 Å². The normalized spacial score (nSPS) is 12.3. The second-order valence-corrected chi connectivity index (χ2v) is 6.36. The van der Waals surface area contributed by atoms with Gasteiger partial charge in [0.1, 0.15) is 11.6 Å². The minimum Gasteiger partial charge on any atom is -0.444 e. The third-order valence-corrected chi connectivity index (χ3v) is 3.01. The number of hydrogen-bond acceptors (Lipinski definition) is 5. The summed E-state index contributed by atoms with van der Waals surface area (Å²) in [6, 6.07) is 8.56. The lowest BCUT2D eigenvalue weighted by Gasteiger charge is -2.19. The van der Waals surface area contributed by atoms with Gasteiger partial charge in [-0.15, -0.1) is 0 Å². The maximum absolute atomic E-state index is 11.9. The van der Waals surface area contributed by atoms with Gasteiger partial charge in [-0.25, -0.2) is 4.79 Å². The van der Waals surface area contributed by atoms with Crippen molar-refractivity contribution < 1.29 is 14.3 Å². The Balaban J connectivity index is 2.08. The number of benzene rings is 1. The monoisotopic (exact) mass is 336 g/mol. The van der Waals surface area contributed by atoms with Gasteiger partial charge in [-0.3, -0.25) is 4.79 Å². The van der Waals surface area contributed by atoms with Gasteiger partial charge in [-0.05, 0) is 26.3 Å². The highest BCUT2D eigenvalue weighted by atomic mass is 16.6. The Labute approximate surface area is 143 Å². The van der Waals surface area contributed by atoms with E-state index in [0.717, 1.165) is 5.56 Å². The molecule has 7 heteroatoms. The minimum atomic E-state index is -0.667. The standard InChI is InChI=1S/C17H28N4O3/c1-17(2,3)24-16(23)21-12-10-19-9-11-20-15(22)14(18)13-7-5-4-6-8-13/h4-8,14,19H,9-12,18H2,1-3H3,(H,20,22)(H,21,23)/t14-/m0/s1. The van der Waals surface area contributed by atoms with Crippen molar-refractivity contribution in [3.63, 3.8) is 0 Å². The molecule has 134 valence electrons. The Bertz CT molecular complexity index is 514. The Kier molecular flexibility index (Phi) is 8.21. The number of carbonyl (C=O) groups is 2. The van der Waals surface area contributed by atoms with Crippen LogP contribution in [0.3, 0.4) is 0 Å². The highest BCUT2D eigenvalue weighted by Crippen LogP contribution is 2.08. The molecule has 1 atom stereocenters. The largest absolute Gasteiger partial charge is 0.444 e. The molecule has 5 N–H and O–H groups in total. The second-order valence-electron chi connectivity index (χ2n) is 6.36. The zero-order chi connectivity index (χ0) is 18.0. The van der Waals surface area contributed by atoms with Crippen molar-refractivity contribution in [3.05, 3.63) is 35.9 Å². The zero-order valence-electron chi connectivity index (χ0n) is 14.6. The number of hydrogen-bond donors (Lipinski definition) is 4. The molecule has 0 unspecified atom stereocenters. The molecule has 0 heterocycles. The van der Waals surface area contributed by atoms with Crippen molar-refractivity contribution in [2.45, 2.75) is 32.4 Å². The molecule has 1 aromatic carbocycles. The van der Waals surface area contributed by atoms with Crippen LogP contribution in [-0.4, -0.2) is 43.8 Å². The predicted molar refractivity (Wildman–Crippen MR) is 93.5 cm³/mol. The van der Waals surface area contributed by atoms with Crippen LogP contribution in [0, 0.1) is 0 Å². The quantitative estimate of drug-likeness (QED) is 0.528. The summed E-state index contributed by atoms with van der Waals surface area (Å²) < 4.78 is 5.12. The summed E-state index contributed by atoms with van der Waals surface area (Å²) in [7, 11) is 0. The molecule has 0 aromatic heterocycles. The molecule has 2 amide bonds. The molecule has 0 bridgehead atoms. The fourth-order valence-electron chi connectivity index (χ4n) is 1.89. The molecule has 0 aliphatic carbocycles. The summed E-state index contributed by atoms with van der Waals surface area (Å²) in [5, 5.41) is 8.53. The van der Waals surface area contributed by atoms with E-state index in [1.54, 1.807) is 0 Å². The first-order valence-electron chi connectivity index (χ1n) is 8.05. The minimum absolute atomic E-state index is 0.213. The van der Waals surface area contributed by atoms with E-state index in [9.17, 15) is 9.59 Å². The van der Waals surface area contributed by atoms with Crippen molar-refractivity contribution in [1.82, 2.24) is 16.0 Å². The van der Waals surface area contributed by atoms with E-state index >= 15 is 0 Å². The average molecular weight is 336 g/mol. The molecule has 24 heavy (non-hydrogen) atoms. The summed E-state index contributed by atoms with van der Waals surface area (Å²) >= 11 is 0. The van der Waals surface area contributed by atoms with Gasteiger partial charge in [0.15, 0.2) is 0 Å². The average Bonchev–Trinajstić information content (AvgIpc) is 2.52. The molecule has 0 radical (unpaired) electrons. The van der Waals surface area contributed by atoms with Crippen LogP contribution < -0.4 is 21.7 Å². The van der Waals surface area contributed by atoms with Gasteiger partial charge in [0.25, 0.3) is 0 Å². The van der Waals surface area contributed by atoms with E-state index in [-0.39, 0.29) is 5.91 Å². The van der Waals surface area contributed by atoms with Crippen LogP contribution >= 0.6 is 0 Å². The molecule has 0 aliphatic rings. The first-order valence-corrected chi connectivity index (χ1v) is 8.05. The Morgan fingerprint density at radius 1 is 1.04 bits per heavy atom. The van der Waals surface area contributed by atoms with Crippen molar-refractivity contribution in [2.24, 2.45) is 5.73 Å². The van der Waals surface area contributed by atoms with Gasteiger partial charge in [0.2, 0.25) is 5.91 Å². The number of amides is 2. The van der Waals surface area contributed by atoms with E-state index in [1.807, 2.05) is 51.1 Å². The van der Waals surface area contributed by atoms with Crippen LogP contribution in [0.1, 0.15) is 32.4 Å². The first-order chi connectivity index (χ1) is 11.3. The van der Waals surface area contributed by atoms with Crippen molar-refractivity contribution in [2.75, 3.05) is 26.2 Å². The summed E-state index contributed by atoms with van der Waals surface area (Å²) in [6.45, 7) is 7.52. The van der Waals surface area contributed by atoms with Gasteiger partial charge in [-0.2, -0.15) is 0 Å². The van der Waals surface area contributed by atoms with Gasteiger partial charge in [-0.1, -0.05) is 30.3 Å². The molecule has 0 fully saturated rings. The molecule has 0 spiro atoms. The van der Waals surface area contributed by atoms with E-state index in [4.69, 9.17) is 10.5 Å². The van der Waals surface area contributed by atoms with Crippen LogP contribution in [0.25, 0.3) is 0 Å². The lowest BCUT2D eigenvalue weighted by Crippen LogP contribution is -2.40. The second kappa shape index (κ2) is 9.89. The van der Waals surface area contributed by atoms with Gasteiger partial charge in [0.05, 0.1) is 0 Å². The lowest BCUT2D eigenvalue weighted by molar-refractivity contribution is -0.122. The number of nitrogens with one attached hydrogen (secondary N) is 3. The van der Waals surface area contributed by atoms with Crippen molar-refractivity contribution >= 4 is 12.0 Å². The number of ether oxygens (including phenoxy) is 1. The Hall–Kier alpha value is -2.12. The fourth-order valence-corrected chi connectivity index (χ4v) is 1.89. The third-order valence-electron chi connectivity index (χ3n) is 3.01. The SMILES string of the molecule is CC(C)(C)OC(=O)NCCNCCNC(=O)[C@@H](N)c1ccccc1. The maximum atomic E-state index is 11.9. The highest BCUT2D eigenvalue weighted by molar-refractivity contribution is 5.82. The zero-order valence-corrected chi connectivity index (χ0v) is 14.6. The molecule has 0 aliphatic heterocycles. The van der Waals surface area contributed by atoms with Crippen molar-refractivity contribution in [3.8, 4) is 0 Å². The van der Waals surface area contributed by atoms with Crippen LogP contribution in [0.2, 0.25) is 0 Å². The molecule has 7 nitrogen and oxygen atoms in total. The summed E-state index contributed by atoms with van der Waals surface area (Å²) in [5.74, 6) is -0.213. The number of carbonyl (C=O) groups excluding carboxylic acids is 2. The first kappa shape index (κ1) is 19.9. The van der Waals surface area contributed by atoms with Crippen LogP contribution in [0.15, 0.2) is 30.3 Å². The van der Waals surface area contributed by atoms with E-state index in [2.05, 4.69) is 16.0 Å². The summed E-state index contributed by atoms with van der Waals surface area (Å²) in [5.41, 5.74) is 6.17.